The predicted octanol–water partition coefficient (Wildman–Crippen LogP) is 1.90. The minimum atomic E-state index is 0.307. The van der Waals surface area contributed by atoms with Crippen LogP contribution in [0.4, 0.5) is 5.82 Å². The summed E-state index contributed by atoms with van der Waals surface area (Å²) in [4.78, 5) is 16.4. The van der Waals surface area contributed by atoms with Crippen molar-refractivity contribution >= 4 is 11.3 Å². The molecule has 27 heavy (non-hydrogen) atoms. The van der Waals surface area contributed by atoms with Gasteiger partial charge in [-0.2, -0.15) is 5.10 Å². The van der Waals surface area contributed by atoms with Gasteiger partial charge in [-0.1, -0.05) is 6.07 Å². The number of fused-ring (bicyclic) bond motifs is 2. The Kier molecular flexibility index (Phi) is 3.93. The highest BCUT2D eigenvalue weighted by molar-refractivity contribution is 5.73. The molecule has 140 valence electrons. The van der Waals surface area contributed by atoms with Crippen LogP contribution in [0, 0.1) is 6.92 Å². The Bertz CT molecular complexity index is 995. The second-order valence-electron chi connectivity index (χ2n) is 7.08. The van der Waals surface area contributed by atoms with Gasteiger partial charge < -0.3 is 14.4 Å². The largest absolute Gasteiger partial charge is 0.481 e. The number of methoxy groups -OCH3 is 1. The van der Waals surface area contributed by atoms with Crippen LogP contribution < -0.4 is 9.64 Å². The fourth-order valence-electron chi connectivity index (χ4n) is 4.05. The van der Waals surface area contributed by atoms with Crippen molar-refractivity contribution in [3.05, 3.63) is 41.2 Å². The molecule has 5 rings (SSSR count). The Balaban J connectivity index is 1.57. The first kappa shape index (κ1) is 16.4. The number of aryl methyl sites for hydroxylation is 1. The SMILES string of the molecule is COc1ccc2c(n1)CCN(c1ncnn3c(C)nc([C@@H]4CCOC4)c13)C2. The number of aromatic nitrogens is 5. The van der Waals surface area contributed by atoms with Crippen LogP contribution in [0.1, 0.15) is 35.1 Å². The summed E-state index contributed by atoms with van der Waals surface area (Å²) in [6, 6.07) is 4.02. The number of hydrogen-bond donors (Lipinski definition) is 0. The lowest BCUT2D eigenvalue weighted by Crippen LogP contribution is -2.32. The highest BCUT2D eigenvalue weighted by Crippen LogP contribution is 2.34. The third-order valence-electron chi connectivity index (χ3n) is 5.45. The second-order valence-corrected chi connectivity index (χ2v) is 7.08. The van der Waals surface area contributed by atoms with E-state index >= 15 is 0 Å². The van der Waals surface area contributed by atoms with Gasteiger partial charge in [-0.05, 0) is 18.9 Å². The summed E-state index contributed by atoms with van der Waals surface area (Å²) in [6.45, 7) is 5.11. The molecule has 0 bridgehead atoms. The lowest BCUT2D eigenvalue weighted by molar-refractivity contribution is 0.193. The van der Waals surface area contributed by atoms with E-state index in [0.717, 1.165) is 61.1 Å². The molecule has 0 radical (unpaired) electrons. The molecule has 8 heteroatoms. The topological polar surface area (TPSA) is 77.7 Å². The number of nitrogens with zero attached hydrogens (tertiary/aromatic N) is 6. The van der Waals surface area contributed by atoms with E-state index in [1.54, 1.807) is 13.4 Å². The first-order valence-electron chi connectivity index (χ1n) is 9.30. The van der Waals surface area contributed by atoms with Crippen molar-refractivity contribution in [1.29, 1.82) is 0 Å². The van der Waals surface area contributed by atoms with E-state index in [4.69, 9.17) is 14.5 Å². The Hall–Kier alpha value is -2.74. The Morgan fingerprint density at radius 3 is 3.00 bits per heavy atom. The summed E-state index contributed by atoms with van der Waals surface area (Å²) in [6.07, 6.45) is 3.47. The van der Waals surface area contributed by atoms with Gasteiger partial charge in [0.15, 0.2) is 5.82 Å². The molecule has 0 amide bonds. The predicted molar refractivity (Wildman–Crippen MR) is 99.2 cm³/mol. The van der Waals surface area contributed by atoms with Crippen molar-refractivity contribution < 1.29 is 9.47 Å². The van der Waals surface area contributed by atoms with Gasteiger partial charge in [-0.15, -0.1) is 0 Å². The highest BCUT2D eigenvalue weighted by atomic mass is 16.5. The van der Waals surface area contributed by atoms with Crippen LogP contribution in [0.3, 0.4) is 0 Å². The van der Waals surface area contributed by atoms with E-state index in [0.29, 0.717) is 18.4 Å². The number of hydrogen-bond acceptors (Lipinski definition) is 7. The number of imidazole rings is 1. The molecule has 0 saturated carbocycles. The van der Waals surface area contributed by atoms with E-state index in [1.165, 1.54) is 5.56 Å². The molecule has 1 saturated heterocycles. The van der Waals surface area contributed by atoms with Crippen molar-refractivity contribution in [2.24, 2.45) is 0 Å². The van der Waals surface area contributed by atoms with Gasteiger partial charge in [0.1, 0.15) is 17.7 Å². The molecule has 2 aliphatic rings. The molecule has 8 nitrogen and oxygen atoms in total. The zero-order valence-corrected chi connectivity index (χ0v) is 15.6. The zero-order valence-electron chi connectivity index (χ0n) is 15.6. The fraction of sp³-hybridized carbons (Fsp3) is 0.474. The molecule has 0 N–H and O–H groups in total. The first-order valence-corrected chi connectivity index (χ1v) is 9.30. The molecule has 3 aromatic heterocycles. The molecular weight excluding hydrogens is 344 g/mol. The average Bonchev–Trinajstić information content (AvgIpc) is 3.35. The van der Waals surface area contributed by atoms with Crippen molar-refractivity contribution in [3.63, 3.8) is 0 Å². The minimum Gasteiger partial charge on any atom is -0.481 e. The molecule has 3 aromatic rings. The molecule has 1 fully saturated rings. The third kappa shape index (κ3) is 2.71. The van der Waals surface area contributed by atoms with E-state index in [-0.39, 0.29) is 0 Å². The molecule has 5 heterocycles. The van der Waals surface area contributed by atoms with Gasteiger partial charge in [-0.3, -0.25) is 0 Å². The zero-order chi connectivity index (χ0) is 18.4. The van der Waals surface area contributed by atoms with Crippen LogP contribution in [0.15, 0.2) is 18.5 Å². The van der Waals surface area contributed by atoms with Crippen LogP contribution in [-0.2, 0) is 17.7 Å². The molecule has 1 atom stereocenters. The summed E-state index contributed by atoms with van der Waals surface area (Å²) in [5.41, 5.74) is 4.38. The third-order valence-corrected chi connectivity index (χ3v) is 5.45. The lowest BCUT2D eigenvalue weighted by Gasteiger charge is -2.29. The quantitative estimate of drug-likeness (QED) is 0.700. The summed E-state index contributed by atoms with van der Waals surface area (Å²) in [7, 11) is 1.65. The smallest absolute Gasteiger partial charge is 0.213 e. The maximum atomic E-state index is 5.60. The second kappa shape index (κ2) is 6.45. The fourth-order valence-corrected chi connectivity index (χ4v) is 4.05. The van der Waals surface area contributed by atoms with Crippen LogP contribution in [0.2, 0.25) is 0 Å². The summed E-state index contributed by atoms with van der Waals surface area (Å²) in [5.74, 6) is 2.80. The van der Waals surface area contributed by atoms with Crippen molar-refractivity contribution in [2.45, 2.75) is 32.2 Å². The Morgan fingerprint density at radius 2 is 2.19 bits per heavy atom. The molecule has 0 aromatic carbocycles. The van der Waals surface area contributed by atoms with Gasteiger partial charge in [0.05, 0.1) is 25.1 Å². The minimum absolute atomic E-state index is 0.307. The molecule has 0 aliphatic carbocycles. The van der Waals surface area contributed by atoms with Crippen molar-refractivity contribution in [1.82, 2.24) is 24.6 Å². The molecule has 0 spiro atoms. The van der Waals surface area contributed by atoms with Gasteiger partial charge >= 0.3 is 0 Å². The van der Waals surface area contributed by atoms with E-state index in [9.17, 15) is 0 Å². The Morgan fingerprint density at radius 1 is 1.26 bits per heavy atom. The lowest BCUT2D eigenvalue weighted by atomic mass is 10.0. The van der Waals surface area contributed by atoms with E-state index in [2.05, 4.69) is 26.0 Å². The highest BCUT2D eigenvalue weighted by Gasteiger charge is 2.28. The molecule has 0 unspecified atom stereocenters. The van der Waals surface area contributed by atoms with E-state index in [1.807, 2.05) is 17.5 Å². The number of pyridine rings is 1. The summed E-state index contributed by atoms with van der Waals surface area (Å²) < 4.78 is 12.8. The standard InChI is InChI=1S/C19H22N6O2/c1-12-22-17(14-6-8-27-10-14)18-19(20-11-21-25(12)18)24-7-5-15-13(9-24)3-4-16(23-15)26-2/h3-4,11,14H,5-10H2,1-2H3/t14-/m1/s1. The van der Waals surface area contributed by atoms with Gasteiger partial charge in [0, 0.05) is 38.1 Å². The monoisotopic (exact) mass is 366 g/mol. The maximum Gasteiger partial charge on any atom is 0.213 e. The molecular formula is C19H22N6O2. The van der Waals surface area contributed by atoms with Crippen LogP contribution in [0.25, 0.3) is 5.52 Å². The summed E-state index contributed by atoms with van der Waals surface area (Å²) in [5, 5.41) is 4.44. The number of rotatable bonds is 3. The van der Waals surface area contributed by atoms with E-state index < -0.39 is 0 Å². The van der Waals surface area contributed by atoms with Gasteiger partial charge in [-0.25, -0.2) is 19.5 Å². The average molecular weight is 366 g/mol. The Labute approximate surface area is 157 Å². The number of ether oxygens (including phenoxy) is 2. The maximum absolute atomic E-state index is 5.60. The van der Waals surface area contributed by atoms with Crippen LogP contribution in [-0.4, -0.2) is 51.4 Å². The normalized spacial score (nSPS) is 19.5. The van der Waals surface area contributed by atoms with Gasteiger partial charge in [0.25, 0.3) is 0 Å². The van der Waals surface area contributed by atoms with Crippen LogP contribution >= 0.6 is 0 Å². The van der Waals surface area contributed by atoms with Crippen LogP contribution in [0.5, 0.6) is 5.88 Å². The van der Waals surface area contributed by atoms with Gasteiger partial charge in [0.2, 0.25) is 5.88 Å². The van der Waals surface area contributed by atoms with Crippen molar-refractivity contribution in [3.8, 4) is 5.88 Å². The first-order chi connectivity index (χ1) is 13.2. The van der Waals surface area contributed by atoms with Crippen molar-refractivity contribution in [2.75, 3.05) is 31.8 Å². The number of anilines is 1. The molecule has 2 aliphatic heterocycles. The summed E-state index contributed by atoms with van der Waals surface area (Å²) >= 11 is 0.